The van der Waals surface area contributed by atoms with Crippen LogP contribution in [0.1, 0.15) is 50.4 Å². The molecule has 0 spiro atoms. The van der Waals surface area contributed by atoms with Crippen molar-refractivity contribution in [3.05, 3.63) is 52.1 Å². The summed E-state index contributed by atoms with van der Waals surface area (Å²) in [5, 5.41) is 49.7. The summed E-state index contributed by atoms with van der Waals surface area (Å²) in [5.41, 5.74) is -1.43. The number of aliphatic hydroxyl groups is 2. The summed E-state index contributed by atoms with van der Waals surface area (Å²) in [6.45, 7) is 1.23. The van der Waals surface area contributed by atoms with Crippen LogP contribution in [-0.2, 0) is 0 Å². The summed E-state index contributed by atoms with van der Waals surface area (Å²) in [6.07, 6.45) is -3.00. The zero-order valence-corrected chi connectivity index (χ0v) is 12.5. The Morgan fingerprint density at radius 3 is 2.17 bits per heavy atom. The molecule has 7 heteroatoms. The number of benzene rings is 2. The van der Waals surface area contributed by atoms with Crippen LogP contribution in [0.3, 0.4) is 0 Å². The van der Waals surface area contributed by atoms with Gasteiger partial charge < -0.3 is 25.5 Å². The molecule has 124 valence electrons. The van der Waals surface area contributed by atoms with Gasteiger partial charge in [-0.3, -0.25) is 9.59 Å². The minimum Gasteiger partial charge on any atom is -0.507 e. The molecule has 0 aromatic heterocycles. The second-order valence-corrected chi connectivity index (χ2v) is 5.62. The lowest BCUT2D eigenvalue weighted by atomic mass is 9.81. The third-order valence-electron chi connectivity index (χ3n) is 4.06. The Hall–Kier alpha value is -2.90. The molecule has 0 amide bonds. The van der Waals surface area contributed by atoms with Gasteiger partial charge in [0.25, 0.3) is 0 Å². The molecule has 0 saturated heterocycles. The highest BCUT2D eigenvalue weighted by atomic mass is 16.3. The number of phenolic OH excluding ortho intramolecular Hbond substituents is 3. The Balaban J connectivity index is 2.33. The monoisotopic (exact) mass is 330 g/mol. The summed E-state index contributed by atoms with van der Waals surface area (Å²) in [4.78, 5) is 25.2. The van der Waals surface area contributed by atoms with E-state index in [1.54, 1.807) is 0 Å². The number of hydrogen-bond acceptors (Lipinski definition) is 7. The zero-order chi connectivity index (χ0) is 17.8. The standard InChI is InChI=1S/C17H14O7/c1-6(18)14(21)13-10(20)5-8-12(17(13)24)16(23)11-7(15(8)22)3-2-4-9(11)19/h2-6,14,18-21,24H,1H3/t6-,14-/m1/s1. The number of ketones is 2. The first kappa shape index (κ1) is 16.0. The maximum Gasteiger partial charge on any atom is 0.201 e. The lowest BCUT2D eigenvalue weighted by Gasteiger charge is -2.23. The third kappa shape index (κ3) is 2.06. The number of carbonyl (C=O) groups is 2. The van der Waals surface area contributed by atoms with E-state index in [1.807, 2.05) is 0 Å². The largest absolute Gasteiger partial charge is 0.507 e. The van der Waals surface area contributed by atoms with E-state index in [2.05, 4.69) is 0 Å². The molecule has 0 fully saturated rings. The summed E-state index contributed by atoms with van der Waals surface area (Å²) >= 11 is 0. The Labute approximate surface area is 136 Å². The van der Waals surface area contributed by atoms with Gasteiger partial charge in [0.15, 0.2) is 5.78 Å². The fraction of sp³-hybridized carbons (Fsp3) is 0.176. The quantitative estimate of drug-likeness (QED) is 0.473. The predicted octanol–water partition coefficient (Wildman–Crippen LogP) is 0.993. The van der Waals surface area contributed by atoms with Crippen LogP contribution in [0.5, 0.6) is 17.2 Å². The number of carbonyl (C=O) groups excluding carboxylic acids is 2. The molecule has 0 unspecified atom stereocenters. The Kier molecular flexibility index (Phi) is 3.55. The van der Waals surface area contributed by atoms with Crippen molar-refractivity contribution in [2.45, 2.75) is 19.1 Å². The molecule has 2 aromatic carbocycles. The minimum atomic E-state index is -1.66. The fourth-order valence-electron chi connectivity index (χ4n) is 2.85. The summed E-state index contributed by atoms with van der Waals surface area (Å²) in [7, 11) is 0. The van der Waals surface area contributed by atoms with Crippen molar-refractivity contribution in [2.75, 3.05) is 0 Å². The van der Waals surface area contributed by atoms with Crippen LogP contribution in [0.2, 0.25) is 0 Å². The number of aromatic hydroxyl groups is 3. The highest BCUT2D eigenvalue weighted by molar-refractivity contribution is 6.30. The highest BCUT2D eigenvalue weighted by Crippen LogP contribution is 2.44. The first-order valence-corrected chi connectivity index (χ1v) is 7.12. The van der Waals surface area contributed by atoms with Gasteiger partial charge >= 0.3 is 0 Å². The van der Waals surface area contributed by atoms with Crippen molar-refractivity contribution in [3.63, 3.8) is 0 Å². The molecule has 1 aliphatic carbocycles. The van der Waals surface area contributed by atoms with E-state index in [0.717, 1.165) is 6.07 Å². The SMILES string of the molecule is C[C@@H](O)[C@@H](O)c1c(O)cc2c(c1O)C(=O)c1c(O)cccc1C2=O. The van der Waals surface area contributed by atoms with E-state index in [4.69, 9.17) is 0 Å². The minimum absolute atomic E-state index is 0.0462. The summed E-state index contributed by atoms with van der Waals surface area (Å²) < 4.78 is 0. The van der Waals surface area contributed by atoms with E-state index >= 15 is 0 Å². The highest BCUT2D eigenvalue weighted by Gasteiger charge is 2.37. The molecule has 2 aromatic rings. The van der Waals surface area contributed by atoms with Gasteiger partial charge in [0.1, 0.15) is 23.4 Å². The van der Waals surface area contributed by atoms with Gasteiger partial charge in [-0.05, 0) is 19.1 Å². The van der Waals surface area contributed by atoms with Crippen molar-refractivity contribution in [1.82, 2.24) is 0 Å². The van der Waals surface area contributed by atoms with E-state index in [0.29, 0.717) is 0 Å². The second-order valence-electron chi connectivity index (χ2n) is 5.62. The molecule has 0 bridgehead atoms. The normalized spacial score (nSPS) is 15.6. The Bertz CT molecular complexity index is 883. The second kappa shape index (κ2) is 5.33. The predicted molar refractivity (Wildman–Crippen MR) is 81.4 cm³/mol. The molecule has 0 radical (unpaired) electrons. The van der Waals surface area contributed by atoms with E-state index in [9.17, 15) is 35.1 Å². The molecule has 0 aliphatic heterocycles. The summed E-state index contributed by atoms with van der Waals surface area (Å²) in [6, 6.07) is 4.95. The fourth-order valence-corrected chi connectivity index (χ4v) is 2.85. The van der Waals surface area contributed by atoms with Gasteiger partial charge in [-0.15, -0.1) is 0 Å². The van der Waals surface area contributed by atoms with Crippen molar-refractivity contribution in [2.24, 2.45) is 0 Å². The number of fused-ring (bicyclic) bond motifs is 2. The molecular formula is C17H14O7. The maximum atomic E-state index is 12.7. The molecule has 24 heavy (non-hydrogen) atoms. The van der Waals surface area contributed by atoms with E-state index in [1.165, 1.54) is 25.1 Å². The number of phenols is 3. The first-order chi connectivity index (χ1) is 11.3. The van der Waals surface area contributed by atoms with Crippen LogP contribution in [0.25, 0.3) is 0 Å². The van der Waals surface area contributed by atoms with Crippen molar-refractivity contribution in [1.29, 1.82) is 0 Å². The Morgan fingerprint density at radius 1 is 0.875 bits per heavy atom. The molecule has 7 nitrogen and oxygen atoms in total. The number of rotatable bonds is 2. The average Bonchev–Trinajstić information content (AvgIpc) is 2.51. The van der Waals surface area contributed by atoms with Crippen LogP contribution >= 0.6 is 0 Å². The lowest BCUT2D eigenvalue weighted by molar-refractivity contribution is 0.0275. The molecule has 2 atom stereocenters. The van der Waals surface area contributed by atoms with Gasteiger partial charge in [0.05, 0.1) is 22.8 Å². The van der Waals surface area contributed by atoms with Crippen molar-refractivity contribution in [3.8, 4) is 17.2 Å². The van der Waals surface area contributed by atoms with Gasteiger partial charge in [-0.1, -0.05) is 12.1 Å². The molecule has 0 heterocycles. The molecular weight excluding hydrogens is 316 g/mol. The van der Waals surface area contributed by atoms with Crippen molar-refractivity contribution >= 4 is 11.6 Å². The molecule has 0 saturated carbocycles. The van der Waals surface area contributed by atoms with Crippen LogP contribution in [0.15, 0.2) is 24.3 Å². The van der Waals surface area contributed by atoms with Gasteiger partial charge in [0, 0.05) is 11.1 Å². The van der Waals surface area contributed by atoms with Crippen LogP contribution in [-0.4, -0.2) is 43.2 Å². The third-order valence-corrected chi connectivity index (χ3v) is 4.06. The summed E-state index contributed by atoms with van der Waals surface area (Å²) in [5.74, 6) is -3.30. The van der Waals surface area contributed by atoms with E-state index in [-0.39, 0.29) is 16.7 Å². The van der Waals surface area contributed by atoms with Crippen LogP contribution in [0, 0.1) is 0 Å². The van der Waals surface area contributed by atoms with Crippen LogP contribution < -0.4 is 0 Å². The lowest BCUT2D eigenvalue weighted by Crippen LogP contribution is -2.23. The Morgan fingerprint density at radius 2 is 1.54 bits per heavy atom. The van der Waals surface area contributed by atoms with Crippen LogP contribution in [0.4, 0.5) is 0 Å². The van der Waals surface area contributed by atoms with Gasteiger partial charge in [-0.2, -0.15) is 0 Å². The number of hydrogen-bond donors (Lipinski definition) is 5. The van der Waals surface area contributed by atoms with Crippen molar-refractivity contribution < 1.29 is 35.1 Å². The number of aliphatic hydroxyl groups excluding tert-OH is 2. The van der Waals surface area contributed by atoms with Gasteiger partial charge in [-0.25, -0.2) is 0 Å². The molecule has 1 aliphatic rings. The van der Waals surface area contributed by atoms with Gasteiger partial charge in [0.2, 0.25) is 5.78 Å². The topological polar surface area (TPSA) is 135 Å². The molecule has 3 rings (SSSR count). The van der Waals surface area contributed by atoms with E-state index < -0.39 is 52.1 Å². The average molecular weight is 330 g/mol. The smallest absolute Gasteiger partial charge is 0.201 e. The first-order valence-electron chi connectivity index (χ1n) is 7.12. The maximum absolute atomic E-state index is 12.7. The zero-order valence-electron chi connectivity index (χ0n) is 12.5. The molecule has 5 N–H and O–H groups in total.